The molecule has 0 saturated carbocycles. The van der Waals surface area contributed by atoms with Crippen LogP contribution >= 0.6 is 0 Å². The van der Waals surface area contributed by atoms with Gasteiger partial charge in [0.05, 0.1) is 6.61 Å². The molecule has 0 amide bonds. The number of hydrogen-bond acceptors (Lipinski definition) is 5. The van der Waals surface area contributed by atoms with Crippen LogP contribution in [0.4, 0.5) is 0 Å². The zero-order valence-corrected chi connectivity index (χ0v) is 13.0. The number of Topliss-reactive ketones (excluding diaryl/α,β-unsaturated/α-hetero) is 1. The molecular formula is C17H20O5. The highest BCUT2D eigenvalue weighted by atomic mass is 16.6. The largest absolute Gasteiger partial charge is 0.465 e. The van der Waals surface area contributed by atoms with Gasteiger partial charge >= 0.3 is 11.9 Å². The third kappa shape index (κ3) is 3.18. The highest BCUT2D eigenvalue weighted by Crippen LogP contribution is 2.40. The Morgan fingerprint density at radius 3 is 2.45 bits per heavy atom. The Bertz CT molecular complexity index is 576. The molecule has 0 N–H and O–H groups in total. The Kier molecular flexibility index (Phi) is 4.64. The molecule has 0 bridgehead atoms. The summed E-state index contributed by atoms with van der Waals surface area (Å²) in [5.41, 5.74) is -0.320. The number of cyclic esters (lactones) is 1. The van der Waals surface area contributed by atoms with E-state index in [4.69, 9.17) is 9.47 Å². The van der Waals surface area contributed by atoms with E-state index in [9.17, 15) is 14.4 Å². The molecular weight excluding hydrogens is 284 g/mol. The van der Waals surface area contributed by atoms with Gasteiger partial charge in [0.25, 0.3) is 0 Å². The van der Waals surface area contributed by atoms with Crippen molar-refractivity contribution in [3.05, 3.63) is 35.9 Å². The molecule has 1 aromatic carbocycles. The third-order valence-electron chi connectivity index (χ3n) is 3.95. The summed E-state index contributed by atoms with van der Waals surface area (Å²) in [6, 6.07) is 8.80. The lowest BCUT2D eigenvalue weighted by Crippen LogP contribution is -2.35. The van der Waals surface area contributed by atoms with Gasteiger partial charge in [-0.25, -0.2) is 0 Å². The Balaban J connectivity index is 2.23. The lowest BCUT2D eigenvalue weighted by Gasteiger charge is -2.25. The highest BCUT2D eigenvalue weighted by Gasteiger charge is 2.54. The molecule has 1 aliphatic rings. The summed E-state index contributed by atoms with van der Waals surface area (Å²) in [6.45, 7) is 5.29. The van der Waals surface area contributed by atoms with Crippen LogP contribution in [0, 0.1) is 11.8 Å². The van der Waals surface area contributed by atoms with Gasteiger partial charge in [0.15, 0.2) is 11.7 Å². The van der Waals surface area contributed by atoms with E-state index >= 15 is 0 Å². The van der Waals surface area contributed by atoms with Crippen LogP contribution in [-0.2, 0) is 19.1 Å². The summed E-state index contributed by atoms with van der Waals surface area (Å²) in [7, 11) is 0. The second kappa shape index (κ2) is 6.30. The van der Waals surface area contributed by atoms with Crippen molar-refractivity contribution in [3.8, 4) is 0 Å². The quantitative estimate of drug-likeness (QED) is 0.474. The number of esters is 2. The van der Waals surface area contributed by atoms with Gasteiger partial charge in [-0.1, -0.05) is 30.3 Å². The predicted molar refractivity (Wildman–Crippen MR) is 79.2 cm³/mol. The van der Waals surface area contributed by atoms with Crippen molar-refractivity contribution >= 4 is 17.7 Å². The van der Waals surface area contributed by atoms with E-state index in [-0.39, 0.29) is 18.8 Å². The smallest absolute Gasteiger partial charge is 0.321 e. The van der Waals surface area contributed by atoms with Crippen molar-refractivity contribution in [2.24, 2.45) is 11.8 Å². The number of carbonyl (C=O) groups excluding carboxylic acids is 3. The minimum atomic E-state index is -1.04. The standard InChI is InChI=1S/C17H20O5/c1-4-21-15(19)14-12(17(2,3)22-16(14)20)10-13(18)11-8-6-5-7-9-11/h5-9,12,14H,4,10H2,1-3H3/t12-,14+/m1/s1. The summed E-state index contributed by atoms with van der Waals surface area (Å²) in [6.07, 6.45) is 0.0617. The molecule has 1 heterocycles. The van der Waals surface area contributed by atoms with E-state index in [1.54, 1.807) is 45.0 Å². The number of ketones is 1. The molecule has 1 aliphatic heterocycles. The number of rotatable bonds is 5. The third-order valence-corrected chi connectivity index (χ3v) is 3.95. The molecule has 1 saturated heterocycles. The summed E-state index contributed by atoms with van der Waals surface area (Å²) >= 11 is 0. The van der Waals surface area contributed by atoms with Crippen LogP contribution in [0.25, 0.3) is 0 Å². The Hall–Kier alpha value is -2.17. The van der Waals surface area contributed by atoms with Gasteiger partial charge in [0, 0.05) is 17.9 Å². The molecule has 2 rings (SSSR count). The normalized spacial score (nSPS) is 23.0. The number of hydrogen-bond donors (Lipinski definition) is 0. The fourth-order valence-electron chi connectivity index (χ4n) is 2.76. The van der Waals surface area contributed by atoms with Crippen molar-refractivity contribution in [3.63, 3.8) is 0 Å². The molecule has 0 aliphatic carbocycles. The maximum atomic E-state index is 12.4. The van der Waals surface area contributed by atoms with Crippen molar-refractivity contribution in [1.82, 2.24) is 0 Å². The van der Waals surface area contributed by atoms with Gasteiger partial charge in [0.2, 0.25) is 0 Å². The summed E-state index contributed by atoms with van der Waals surface area (Å²) in [5.74, 6) is -2.93. The van der Waals surface area contributed by atoms with Crippen LogP contribution in [0.5, 0.6) is 0 Å². The van der Waals surface area contributed by atoms with E-state index in [1.165, 1.54) is 0 Å². The first-order valence-electron chi connectivity index (χ1n) is 7.34. The predicted octanol–water partition coefficient (Wildman–Crippen LogP) is 2.39. The minimum absolute atomic E-state index is 0.0617. The van der Waals surface area contributed by atoms with Crippen molar-refractivity contribution in [2.45, 2.75) is 32.8 Å². The molecule has 118 valence electrons. The summed E-state index contributed by atoms with van der Waals surface area (Å²) < 4.78 is 10.2. The topological polar surface area (TPSA) is 69.7 Å². The van der Waals surface area contributed by atoms with E-state index in [1.807, 2.05) is 6.07 Å². The molecule has 0 radical (unpaired) electrons. The molecule has 5 nitrogen and oxygen atoms in total. The van der Waals surface area contributed by atoms with Gasteiger partial charge in [0.1, 0.15) is 5.60 Å². The van der Waals surface area contributed by atoms with Crippen LogP contribution in [0.15, 0.2) is 30.3 Å². The molecule has 22 heavy (non-hydrogen) atoms. The van der Waals surface area contributed by atoms with Gasteiger partial charge in [-0.15, -0.1) is 0 Å². The molecule has 0 aromatic heterocycles. The Morgan fingerprint density at radius 1 is 1.23 bits per heavy atom. The number of ether oxygens (including phenoxy) is 2. The molecule has 1 aromatic rings. The SMILES string of the molecule is CCOC(=O)[C@H]1C(=O)OC(C)(C)[C@@H]1CC(=O)c1ccccc1. The van der Waals surface area contributed by atoms with Crippen LogP contribution in [-0.4, -0.2) is 29.9 Å². The Morgan fingerprint density at radius 2 is 1.86 bits per heavy atom. The first-order valence-corrected chi connectivity index (χ1v) is 7.34. The monoisotopic (exact) mass is 304 g/mol. The summed E-state index contributed by atoms with van der Waals surface area (Å²) in [5, 5.41) is 0. The van der Waals surface area contributed by atoms with Crippen molar-refractivity contribution < 1.29 is 23.9 Å². The van der Waals surface area contributed by atoms with Gasteiger partial charge < -0.3 is 9.47 Å². The molecule has 2 atom stereocenters. The van der Waals surface area contributed by atoms with E-state index < -0.39 is 29.4 Å². The maximum Gasteiger partial charge on any atom is 0.321 e. The van der Waals surface area contributed by atoms with E-state index in [0.29, 0.717) is 5.56 Å². The maximum absolute atomic E-state index is 12.4. The highest BCUT2D eigenvalue weighted by molar-refractivity contribution is 6.00. The van der Waals surface area contributed by atoms with Gasteiger partial charge in [-0.2, -0.15) is 0 Å². The zero-order chi connectivity index (χ0) is 16.3. The van der Waals surface area contributed by atoms with Crippen LogP contribution in [0.1, 0.15) is 37.6 Å². The number of carbonyl (C=O) groups is 3. The van der Waals surface area contributed by atoms with Crippen molar-refractivity contribution in [2.75, 3.05) is 6.61 Å². The van der Waals surface area contributed by atoms with Crippen LogP contribution < -0.4 is 0 Å². The van der Waals surface area contributed by atoms with Gasteiger partial charge in [-0.3, -0.25) is 14.4 Å². The molecule has 0 unspecified atom stereocenters. The second-order valence-corrected chi connectivity index (χ2v) is 5.85. The Labute approximate surface area is 129 Å². The first-order chi connectivity index (χ1) is 10.4. The fourth-order valence-corrected chi connectivity index (χ4v) is 2.76. The molecule has 5 heteroatoms. The fraction of sp³-hybridized carbons (Fsp3) is 0.471. The molecule has 0 spiro atoms. The minimum Gasteiger partial charge on any atom is -0.465 e. The number of benzene rings is 1. The average Bonchev–Trinajstić information content (AvgIpc) is 2.69. The lowest BCUT2D eigenvalue weighted by molar-refractivity contribution is -0.157. The zero-order valence-electron chi connectivity index (χ0n) is 13.0. The van der Waals surface area contributed by atoms with Crippen LogP contribution in [0.2, 0.25) is 0 Å². The van der Waals surface area contributed by atoms with E-state index in [0.717, 1.165) is 0 Å². The average molecular weight is 304 g/mol. The van der Waals surface area contributed by atoms with Gasteiger partial charge in [-0.05, 0) is 20.8 Å². The second-order valence-electron chi connectivity index (χ2n) is 5.85. The lowest BCUT2D eigenvalue weighted by atomic mass is 9.79. The first kappa shape index (κ1) is 16.2. The summed E-state index contributed by atoms with van der Waals surface area (Å²) in [4.78, 5) is 36.4. The van der Waals surface area contributed by atoms with Crippen LogP contribution in [0.3, 0.4) is 0 Å². The molecule has 1 fully saturated rings. The van der Waals surface area contributed by atoms with Crippen molar-refractivity contribution in [1.29, 1.82) is 0 Å². The van der Waals surface area contributed by atoms with E-state index in [2.05, 4.69) is 0 Å².